The number of rotatable bonds is 5. The number of methoxy groups -OCH3 is 1. The Morgan fingerprint density at radius 2 is 2.25 bits per heavy atom. The minimum absolute atomic E-state index is 0.270. The molecule has 1 aromatic rings. The van der Waals surface area contributed by atoms with Crippen LogP contribution in [0.4, 0.5) is 5.82 Å². The Morgan fingerprint density at radius 1 is 1.56 bits per heavy atom. The van der Waals surface area contributed by atoms with E-state index >= 15 is 0 Å². The number of ether oxygens (including phenoxy) is 1. The second kappa shape index (κ2) is 6.25. The van der Waals surface area contributed by atoms with E-state index in [2.05, 4.69) is 45.1 Å². The largest absolute Gasteiger partial charge is 0.467 e. The summed E-state index contributed by atoms with van der Waals surface area (Å²) in [5.74, 6) is 0.606. The molecule has 0 aromatic carbocycles. The molecular formula is C10H15BrClN3O. The molecule has 1 N–H and O–H groups in total. The third kappa shape index (κ3) is 4.14. The van der Waals surface area contributed by atoms with Crippen molar-refractivity contribution in [3.8, 4) is 6.01 Å². The summed E-state index contributed by atoms with van der Waals surface area (Å²) in [6.07, 6.45) is 2.50. The molecule has 0 aliphatic heterocycles. The molecule has 2 atom stereocenters. The van der Waals surface area contributed by atoms with Gasteiger partial charge in [-0.1, -0.05) is 34.5 Å². The number of hydrogen-bond donors (Lipinski definition) is 1. The van der Waals surface area contributed by atoms with Crippen LogP contribution >= 0.6 is 27.5 Å². The predicted octanol–water partition coefficient (Wildman–Crippen LogP) is 3.11. The molecule has 90 valence electrons. The lowest BCUT2D eigenvalue weighted by molar-refractivity contribution is 0.380. The number of hydrogen-bond acceptors (Lipinski definition) is 4. The third-order valence-electron chi connectivity index (χ3n) is 1.97. The molecule has 0 bridgehead atoms. The van der Waals surface area contributed by atoms with Gasteiger partial charge in [-0.2, -0.15) is 4.98 Å². The lowest BCUT2D eigenvalue weighted by Gasteiger charge is -2.16. The molecule has 0 aliphatic carbocycles. The normalized spacial score (nSPS) is 14.3. The summed E-state index contributed by atoms with van der Waals surface area (Å²) < 4.78 is 4.94. The van der Waals surface area contributed by atoms with E-state index in [0.717, 1.165) is 6.42 Å². The van der Waals surface area contributed by atoms with Crippen LogP contribution in [-0.4, -0.2) is 27.9 Å². The van der Waals surface area contributed by atoms with Crippen molar-refractivity contribution in [2.45, 2.75) is 31.1 Å². The van der Waals surface area contributed by atoms with Gasteiger partial charge < -0.3 is 10.1 Å². The number of nitrogens with one attached hydrogen (secondary N) is 1. The van der Waals surface area contributed by atoms with Gasteiger partial charge in [-0.05, 0) is 13.3 Å². The summed E-state index contributed by atoms with van der Waals surface area (Å²) in [6, 6.07) is 0.581. The van der Waals surface area contributed by atoms with E-state index in [-0.39, 0.29) is 6.04 Å². The van der Waals surface area contributed by atoms with E-state index in [1.807, 2.05) is 0 Å². The SMILES string of the molecule is COc1ncc(Cl)c(NC(C)CC(C)Br)n1. The fourth-order valence-corrected chi connectivity index (χ4v) is 2.04. The van der Waals surface area contributed by atoms with E-state index in [4.69, 9.17) is 16.3 Å². The molecular weight excluding hydrogens is 293 g/mol. The first-order valence-electron chi connectivity index (χ1n) is 5.00. The average Bonchev–Trinajstić information content (AvgIpc) is 2.20. The van der Waals surface area contributed by atoms with Crippen molar-refractivity contribution in [3.63, 3.8) is 0 Å². The lowest BCUT2D eigenvalue weighted by atomic mass is 10.2. The lowest BCUT2D eigenvalue weighted by Crippen LogP contribution is -2.19. The van der Waals surface area contributed by atoms with Crippen LogP contribution in [0.3, 0.4) is 0 Å². The third-order valence-corrected chi connectivity index (χ3v) is 2.62. The van der Waals surface area contributed by atoms with Crippen LogP contribution < -0.4 is 10.1 Å². The summed E-state index contributed by atoms with van der Waals surface area (Å²) in [6.45, 7) is 4.17. The van der Waals surface area contributed by atoms with Gasteiger partial charge in [0.25, 0.3) is 0 Å². The van der Waals surface area contributed by atoms with Crippen molar-refractivity contribution in [1.82, 2.24) is 9.97 Å². The Bertz CT molecular complexity index is 349. The zero-order chi connectivity index (χ0) is 12.1. The van der Waals surface area contributed by atoms with Crippen LogP contribution in [-0.2, 0) is 0 Å². The standard InChI is InChI=1S/C10H15BrClN3O/c1-6(11)4-7(2)14-9-8(12)5-13-10(15-9)16-3/h5-7H,4H2,1-3H3,(H,13,14,15). The van der Waals surface area contributed by atoms with E-state index < -0.39 is 0 Å². The maximum absolute atomic E-state index is 5.98. The summed E-state index contributed by atoms with van der Waals surface area (Å²) >= 11 is 9.48. The maximum Gasteiger partial charge on any atom is 0.318 e. The van der Waals surface area contributed by atoms with Gasteiger partial charge in [-0.3, -0.25) is 0 Å². The highest BCUT2D eigenvalue weighted by atomic mass is 79.9. The van der Waals surface area contributed by atoms with Gasteiger partial charge in [-0.15, -0.1) is 0 Å². The molecule has 4 nitrogen and oxygen atoms in total. The minimum atomic E-state index is 0.270. The van der Waals surface area contributed by atoms with E-state index in [1.165, 1.54) is 13.3 Å². The van der Waals surface area contributed by atoms with Crippen LogP contribution in [0, 0.1) is 0 Å². The average molecular weight is 309 g/mol. The Balaban J connectivity index is 2.71. The van der Waals surface area contributed by atoms with Crippen molar-refractivity contribution in [1.29, 1.82) is 0 Å². The first kappa shape index (κ1) is 13.5. The molecule has 0 saturated heterocycles. The monoisotopic (exact) mass is 307 g/mol. The van der Waals surface area contributed by atoms with Crippen molar-refractivity contribution in [3.05, 3.63) is 11.2 Å². The van der Waals surface area contributed by atoms with Gasteiger partial charge in [0, 0.05) is 10.9 Å². The van der Waals surface area contributed by atoms with Crippen LogP contribution in [0.2, 0.25) is 5.02 Å². The fraction of sp³-hybridized carbons (Fsp3) is 0.600. The number of halogens is 2. The molecule has 16 heavy (non-hydrogen) atoms. The summed E-state index contributed by atoms with van der Waals surface area (Å²) in [5, 5.41) is 3.72. The second-order valence-corrected chi connectivity index (χ2v) is 5.59. The maximum atomic E-state index is 5.98. The molecule has 2 unspecified atom stereocenters. The Kier molecular flexibility index (Phi) is 5.28. The molecule has 0 amide bonds. The zero-order valence-corrected chi connectivity index (χ0v) is 11.8. The van der Waals surface area contributed by atoms with Gasteiger partial charge in [-0.25, -0.2) is 4.98 Å². The highest BCUT2D eigenvalue weighted by molar-refractivity contribution is 9.09. The number of aromatic nitrogens is 2. The van der Waals surface area contributed by atoms with Gasteiger partial charge in [0.2, 0.25) is 0 Å². The van der Waals surface area contributed by atoms with Crippen molar-refractivity contribution in [2.24, 2.45) is 0 Å². The molecule has 1 rings (SSSR count). The predicted molar refractivity (Wildman–Crippen MR) is 69.7 cm³/mol. The summed E-state index contributed by atoms with van der Waals surface area (Å²) in [4.78, 5) is 8.50. The topological polar surface area (TPSA) is 47.0 Å². The Morgan fingerprint density at radius 3 is 2.81 bits per heavy atom. The van der Waals surface area contributed by atoms with E-state index in [9.17, 15) is 0 Å². The smallest absolute Gasteiger partial charge is 0.318 e. The molecule has 0 radical (unpaired) electrons. The highest BCUT2D eigenvalue weighted by Crippen LogP contribution is 2.22. The summed E-state index contributed by atoms with van der Waals surface area (Å²) in [7, 11) is 1.52. The van der Waals surface area contributed by atoms with Crippen LogP contribution in [0.5, 0.6) is 6.01 Å². The Labute approximate surface area is 109 Å². The van der Waals surface area contributed by atoms with E-state index in [0.29, 0.717) is 21.7 Å². The van der Waals surface area contributed by atoms with Crippen LogP contribution in [0.25, 0.3) is 0 Å². The van der Waals surface area contributed by atoms with Gasteiger partial charge in [0.15, 0.2) is 5.82 Å². The number of nitrogens with zero attached hydrogens (tertiary/aromatic N) is 2. The molecule has 0 aliphatic rings. The molecule has 6 heteroatoms. The first-order chi connectivity index (χ1) is 7.52. The number of alkyl halides is 1. The second-order valence-electron chi connectivity index (χ2n) is 3.62. The van der Waals surface area contributed by atoms with Gasteiger partial charge in [0.1, 0.15) is 5.02 Å². The minimum Gasteiger partial charge on any atom is -0.467 e. The highest BCUT2D eigenvalue weighted by Gasteiger charge is 2.10. The Hall–Kier alpha value is -0.550. The van der Waals surface area contributed by atoms with E-state index in [1.54, 1.807) is 0 Å². The molecule has 1 heterocycles. The molecule has 0 fully saturated rings. The van der Waals surface area contributed by atoms with Crippen LogP contribution in [0.1, 0.15) is 20.3 Å². The van der Waals surface area contributed by atoms with Gasteiger partial charge >= 0.3 is 6.01 Å². The fourth-order valence-electron chi connectivity index (χ4n) is 1.33. The van der Waals surface area contributed by atoms with Crippen molar-refractivity contribution < 1.29 is 4.74 Å². The summed E-state index contributed by atoms with van der Waals surface area (Å²) in [5.41, 5.74) is 0. The van der Waals surface area contributed by atoms with Crippen molar-refractivity contribution >= 4 is 33.3 Å². The quantitative estimate of drug-likeness (QED) is 0.849. The first-order valence-corrected chi connectivity index (χ1v) is 6.29. The number of anilines is 1. The molecule has 1 aromatic heterocycles. The van der Waals surface area contributed by atoms with Crippen molar-refractivity contribution in [2.75, 3.05) is 12.4 Å². The van der Waals surface area contributed by atoms with Crippen LogP contribution in [0.15, 0.2) is 6.20 Å². The van der Waals surface area contributed by atoms with Gasteiger partial charge in [0.05, 0.1) is 13.3 Å². The zero-order valence-electron chi connectivity index (χ0n) is 9.50. The molecule has 0 saturated carbocycles. The molecule has 0 spiro atoms.